The van der Waals surface area contributed by atoms with Gasteiger partial charge in [0.15, 0.2) is 8.32 Å². The summed E-state index contributed by atoms with van der Waals surface area (Å²) in [6.45, 7) is 6.93. The molecule has 3 unspecified atom stereocenters. The second-order valence-corrected chi connectivity index (χ2v) is 12.1. The van der Waals surface area contributed by atoms with Crippen LogP contribution in [0.25, 0.3) is 0 Å². The van der Waals surface area contributed by atoms with Crippen LogP contribution in [0.3, 0.4) is 0 Å². The van der Waals surface area contributed by atoms with Crippen molar-refractivity contribution in [1.29, 1.82) is 0 Å². The molecular weight excluding hydrogens is 276 g/mol. The fraction of sp³-hybridized carbons (Fsp3) is 0.667. The van der Waals surface area contributed by atoms with E-state index in [0.717, 1.165) is 0 Å². The molecule has 0 N–H and O–H groups in total. The van der Waals surface area contributed by atoms with Gasteiger partial charge in [0.25, 0.3) is 0 Å². The minimum atomic E-state index is -1.47. The van der Waals surface area contributed by atoms with E-state index in [1.807, 2.05) is 7.11 Å². The molecule has 2 aliphatic carbocycles. The normalized spacial score (nSPS) is 33.3. The summed E-state index contributed by atoms with van der Waals surface area (Å²) in [4.78, 5) is 0. The van der Waals surface area contributed by atoms with E-state index in [9.17, 15) is 0 Å². The van der Waals surface area contributed by atoms with Crippen LogP contribution in [-0.2, 0) is 9.16 Å². The zero-order valence-electron chi connectivity index (χ0n) is 13.8. The Kier molecular flexibility index (Phi) is 4.02. The van der Waals surface area contributed by atoms with Crippen molar-refractivity contribution < 1.29 is 9.16 Å². The average molecular weight is 305 g/mol. The first kappa shape index (κ1) is 15.3. The fourth-order valence-electron chi connectivity index (χ4n) is 4.32. The number of ether oxygens (including phenoxy) is 1. The molecule has 2 saturated carbocycles. The topological polar surface area (TPSA) is 18.5 Å². The molecule has 0 amide bonds. The maximum absolute atomic E-state index is 6.58. The number of hydrogen-bond acceptors (Lipinski definition) is 2. The van der Waals surface area contributed by atoms with E-state index in [0.29, 0.717) is 11.8 Å². The van der Waals surface area contributed by atoms with Crippen molar-refractivity contribution in [2.24, 2.45) is 11.8 Å². The zero-order chi connectivity index (χ0) is 15.1. The Hall–Kier alpha value is -0.643. The van der Waals surface area contributed by atoms with Gasteiger partial charge in [0, 0.05) is 7.11 Å². The highest BCUT2D eigenvalue weighted by Crippen LogP contribution is 2.62. The standard InChI is InChI=1S/C18H28O2Si/c1-19-17(14-9-6-5-7-10-14)15-11-8-12-18(13-16(15)18)20-21(2,3)4/h5-7,9-10,15-17H,8,11-13H2,1-4H3/t15?,16?,17-,18?/m0/s1. The van der Waals surface area contributed by atoms with E-state index >= 15 is 0 Å². The van der Waals surface area contributed by atoms with Gasteiger partial charge in [-0.15, -0.1) is 0 Å². The van der Waals surface area contributed by atoms with Crippen LogP contribution >= 0.6 is 0 Å². The average Bonchev–Trinajstić information content (AvgIpc) is 3.13. The molecule has 0 radical (unpaired) electrons. The highest BCUT2D eigenvalue weighted by Gasteiger charge is 2.62. The van der Waals surface area contributed by atoms with Crippen LogP contribution in [0.1, 0.15) is 37.4 Å². The summed E-state index contributed by atoms with van der Waals surface area (Å²) in [5.41, 5.74) is 1.51. The van der Waals surface area contributed by atoms with E-state index in [1.54, 1.807) is 0 Å². The monoisotopic (exact) mass is 304 g/mol. The fourth-order valence-corrected chi connectivity index (χ4v) is 5.88. The molecule has 0 aromatic heterocycles. The van der Waals surface area contributed by atoms with Gasteiger partial charge in [-0.05, 0) is 56.3 Å². The van der Waals surface area contributed by atoms with Gasteiger partial charge in [0.1, 0.15) is 0 Å². The van der Waals surface area contributed by atoms with Crippen molar-refractivity contribution >= 4 is 8.32 Å². The predicted molar refractivity (Wildman–Crippen MR) is 88.8 cm³/mol. The summed E-state index contributed by atoms with van der Waals surface area (Å²) in [5, 5.41) is 0. The SMILES string of the molecule is CO[C@@H](c1ccccc1)C1CCCC2(O[Si](C)(C)C)CC12. The van der Waals surface area contributed by atoms with Gasteiger partial charge >= 0.3 is 0 Å². The molecule has 1 aromatic rings. The van der Waals surface area contributed by atoms with Gasteiger partial charge in [-0.2, -0.15) is 0 Å². The second kappa shape index (κ2) is 5.53. The molecule has 2 aliphatic rings. The van der Waals surface area contributed by atoms with Crippen LogP contribution in [0.2, 0.25) is 19.6 Å². The number of rotatable bonds is 5. The Labute approximate surface area is 130 Å². The second-order valence-electron chi connectivity index (χ2n) is 7.71. The van der Waals surface area contributed by atoms with E-state index in [4.69, 9.17) is 9.16 Å². The Morgan fingerprint density at radius 3 is 2.52 bits per heavy atom. The van der Waals surface area contributed by atoms with E-state index < -0.39 is 8.32 Å². The van der Waals surface area contributed by atoms with Gasteiger partial charge in [0.2, 0.25) is 0 Å². The summed E-state index contributed by atoms with van der Waals surface area (Å²) < 4.78 is 12.5. The molecule has 3 heteroatoms. The molecule has 0 saturated heterocycles. The first-order valence-electron chi connectivity index (χ1n) is 8.23. The summed E-state index contributed by atoms with van der Waals surface area (Å²) in [6, 6.07) is 10.7. The Morgan fingerprint density at radius 1 is 1.19 bits per heavy atom. The Morgan fingerprint density at radius 2 is 1.90 bits per heavy atom. The first-order valence-corrected chi connectivity index (χ1v) is 11.6. The van der Waals surface area contributed by atoms with E-state index in [1.165, 1.54) is 31.2 Å². The van der Waals surface area contributed by atoms with Crippen LogP contribution in [0.4, 0.5) is 0 Å². The molecule has 0 bridgehead atoms. The molecular formula is C18H28O2Si. The van der Waals surface area contributed by atoms with Crippen molar-refractivity contribution in [2.75, 3.05) is 7.11 Å². The first-order chi connectivity index (χ1) is 9.95. The number of methoxy groups -OCH3 is 1. The zero-order valence-corrected chi connectivity index (χ0v) is 14.8. The minimum absolute atomic E-state index is 0.193. The minimum Gasteiger partial charge on any atom is -0.412 e. The summed E-state index contributed by atoms with van der Waals surface area (Å²) in [7, 11) is 0.387. The lowest BCUT2D eigenvalue weighted by Crippen LogP contribution is -2.38. The molecule has 4 atom stereocenters. The summed E-state index contributed by atoms with van der Waals surface area (Å²) in [5.74, 6) is 1.31. The van der Waals surface area contributed by atoms with Crippen LogP contribution in [0, 0.1) is 11.8 Å². The maximum atomic E-state index is 6.58. The lowest BCUT2D eigenvalue weighted by molar-refractivity contribution is 0.00165. The van der Waals surface area contributed by atoms with Crippen LogP contribution in [-0.4, -0.2) is 21.0 Å². The molecule has 21 heavy (non-hydrogen) atoms. The number of fused-ring (bicyclic) bond motifs is 1. The Bertz CT molecular complexity index is 482. The van der Waals surface area contributed by atoms with Crippen molar-refractivity contribution in [3.63, 3.8) is 0 Å². The van der Waals surface area contributed by atoms with E-state index in [2.05, 4.69) is 50.0 Å². The van der Waals surface area contributed by atoms with Crippen molar-refractivity contribution in [3.05, 3.63) is 35.9 Å². The van der Waals surface area contributed by atoms with Gasteiger partial charge in [-0.1, -0.05) is 36.8 Å². The third kappa shape index (κ3) is 3.10. The molecule has 2 nitrogen and oxygen atoms in total. The van der Waals surface area contributed by atoms with Crippen molar-refractivity contribution in [2.45, 2.75) is 57.0 Å². The van der Waals surface area contributed by atoms with Gasteiger partial charge in [-0.3, -0.25) is 0 Å². The molecule has 2 fully saturated rings. The van der Waals surface area contributed by atoms with Gasteiger partial charge in [0.05, 0.1) is 11.7 Å². The van der Waals surface area contributed by atoms with Crippen LogP contribution in [0.5, 0.6) is 0 Å². The number of hydrogen-bond donors (Lipinski definition) is 0. The van der Waals surface area contributed by atoms with Gasteiger partial charge in [-0.25, -0.2) is 0 Å². The summed E-state index contributed by atoms with van der Waals surface area (Å²) in [6.07, 6.45) is 5.27. The largest absolute Gasteiger partial charge is 0.412 e. The van der Waals surface area contributed by atoms with Crippen molar-refractivity contribution in [1.82, 2.24) is 0 Å². The molecule has 1 aromatic carbocycles. The molecule has 0 spiro atoms. The lowest BCUT2D eigenvalue weighted by atomic mass is 9.81. The molecule has 116 valence electrons. The third-order valence-electron chi connectivity index (χ3n) is 5.02. The van der Waals surface area contributed by atoms with E-state index in [-0.39, 0.29) is 11.7 Å². The highest BCUT2D eigenvalue weighted by molar-refractivity contribution is 6.69. The Balaban J connectivity index is 1.77. The van der Waals surface area contributed by atoms with Crippen LogP contribution in [0.15, 0.2) is 30.3 Å². The van der Waals surface area contributed by atoms with Crippen molar-refractivity contribution in [3.8, 4) is 0 Å². The lowest BCUT2D eigenvalue weighted by Gasteiger charge is -2.36. The van der Waals surface area contributed by atoms with Crippen LogP contribution < -0.4 is 0 Å². The molecule has 3 rings (SSSR count). The molecule has 0 heterocycles. The summed E-state index contributed by atoms with van der Waals surface area (Å²) >= 11 is 0. The van der Waals surface area contributed by atoms with Gasteiger partial charge < -0.3 is 9.16 Å². The molecule has 0 aliphatic heterocycles. The predicted octanol–water partition coefficient (Wildman–Crippen LogP) is 4.78. The maximum Gasteiger partial charge on any atom is 0.184 e. The smallest absolute Gasteiger partial charge is 0.184 e. The third-order valence-corrected chi connectivity index (χ3v) is 6.03. The quantitative estimate of drug-likeness (QED) is 0.729. The highest BCUT2D eigenvalue weighted by atomic mass is 28.4. The number of benzene rings is 1.